The van der Waals surface area contributed by atoms with Crippen molar-refractivity contribution in [3.05, 3.63) is 35.4 Å². The predicted molar refractivity (Wildman–Crippen MR) is 64.3 cm³/mol. The van der Waals surface area contributed by atoms with E-state index in [2.05, 4.69) is 10.3 Å². The zero-order valence-electron chi connectivity index (χ0n) is 9.46. The van der Waals surface area contributed by atoms with Gasteiger partial charge in [-0.3, -0.25) is 0 Å². The number of rotatable bonds is 4. The molecule has 2 heterocycles. The first-order valence-corrected chi connectivity index (χ1v) is 6.94. The van der Waals surface area contributed by atoms with E-state index in [1.54, 1.807) is 19.4 Å². The van der Waals surface area contributed by atoms with Gasteiger partial charge in [-0.2, -0.15) is 0 Å². The normalized spacial score (nSPS) is 21.6. The Kier molecular flexibility index (Phi) is 3.44. The van der Waals surface area contributed by atoms with E-state index in [0.29, 0.717) is 12.4 Å². The quantitative estimate of drug-likeness (QED) is 0.847. The lowest BCUT2D eigenvalue weighted by Gasteiger charge is -2.11. The first-order valence-electron chi connectivity index (χ1n) is 5.23. The lowest BCUT2D eigenvalue weighted by molar-refractivity contribution is 0.390. The number of nitrogens with zero attached hydrogens (tertiary/aromatic N) is 1. The van der Waals surface area contributed by atoms with Crippen LogP contribution in [-0.4, -0.2) is 32.3 Å². The van der Waals surface area contributed by atoms with E-state index in [1.807, 2.05) is 12.1 Å². The maximum Gasteiger partial charge on any atom is 0.217 e. The fourth-order valence-corrected chi connectivity index (χ4v) is 2.96. The first kappa shape index (κ1) is 12.1. The van der Waals surface area contributed by atoms with Crippen LogP contribution in [0.15, 0.2) is 29.8 Å². The first-order chi connectivity index (χ1) is 8.11. The summed E-state index contributed by atoms with van der Waals surface area (Å²) in [5.74, 6) is 0.681. The average Bonchev–Trinajstić information content (AvgIpc) is 2.67. The molecule has 1 N–H and O–H groups in total. The van der Waals surface area contributed by atoms with Crippen molar-refractivity contribution in [3.8, 4) is 5.88 Å². The monoisotopic (exact) mass is 254 g/mol. The van der Waals surface area contributed by atoms with Crippen molar-refractivity contribution >= 4 is 9.84 Å². The lowest BCUT2D eigenvalue weighted by atomic mass is 10.2. The van der Waals surface area contributed by atoms with Gasteiger partial charge in [0.1, 0.15) is 0 Å². The fraction of sp³-hybridized carbons (Fsp3) is 0.364. The Morgan fingerprint density at radius 1 is 1.59 bits per heavy atom. The number of hydrogen-bond acceptors (Lipinski definition) is 5. The van der Waals surface area contributed by atoms with Crippen molar-refractivity contribution in [1.82, 2.24) is 10.3 Å². The van der Waals surface area contributed by atoms with Crippen LogP contribution in [-0.2, 0) is 16.4 Å². The number of nitrogens with one attached hydrogen (secondary N) is 1. The summed E-state index contributed by atoms with van der Waals surface area (Å²) in [5.41, 5.74) is 0.910. The molecule has 0 radical (unpaired) electrons. The van der Waals surface area contributed by atoms with Crippen LogP contribution in [0.5, 0.6) is 5.88 Å². The molecule has 0 aliphatic carbocycles. The maximum absolute atomic E-state index is 11.2. The molecule has 0 bridgehead atoms. The summed E-state index contributed by atoms with van der Waals surface area (Å²) in [7, 11) is -1.44. The molecule has 1 aliphatic heterocycles. The highest BCUT2D eigenvalue weighted by molar-refractivity contribution is 7.94. The maximum atomic E-state index is 11.2. The molecule has 1 aliphatic rings. The zero-order chi connectivity index (χ0) is 12.3. The minimum Gasteiger partial charge on any atom is -0.481 e. The molecule has 17 heavy (non-hydrogen) atoms. The second kappa shape index (κ2) is 4.85. The van der Waals surface area contributed by atoms with Gasteiger partial charge in [0.05, 0.1) is 12.9 Å². The third-order valence-electron chi connectivity index (χ3n) is 2.53. The smallest absolute Gasteiger partial charge is 0.217 e. The van der Waals surface area contributed by atoms with Gasteiger partial charge in [0.25, 0.3) is 0 Å². The van der Waals surface area contributed by atoms with E-state index >= 15 is 0 Å². The van der Waals surface area contributed by atoms with Gasteiger partial charge in [-0.25, -0.2) is 13.4 Å². The Hall–Kier alpha value is -1.40. The third kappa shape index (κ3) is 3.04. The second-order valence-corrected chi connectivity index (χ2v) is 5.75. The van der Waals surface area contributed by atoms with Gasteiger partial charge in [-0.1, -0.05) is 12.1 Å². The minimum absolute atomic E-state index is 0.121. The highest BCUT2D eigenvalue weighted by atomic mass is 32.2. The molecule has 1 aromatic heterocycles. The van der Waals surface area contributed by atoms with Gasteiger partial charge >= 0.3 is 0 Å². The Balaban J connectivity index is 1.97. The largest absolute Gasteiger partial charge is 0.481 e. The Morgan fingerprint density at radius 3 is 3.06 bits per heavy atom. The van der Waals surface area contributed by atoms with Crippen LogP contribution in [0.2, 0.25) is 0 Å². The van der Waals surface area contributed by atoms with Crippen LogP contribution in [0.4, 0.5) is 0 Å². The molecular weight excluding hydrogens is 240 g/mol. The molecule has 0 saturated heterocycles. The summed E-state index contributed by atoms with van der Waals surface area (Å²) in [5, 5.41) is 4.40. The summed E-state index contributed by atoms with van der Waals surface area (Å²) >= 11 is 0. The lowest BCUT2D eigenvalue weighted by Crippen LogP contribution is -2.29. The van der Waals surface area contributed by atoms with Crippen LogP contribution in [0, 0.1) is 0 Å². The molecule has 1 aromatic rings. The number of hydrogen-bond donors (Lipinski definition) is 1. The Morgan fingerprint density at radius 2 is 2.41 bits per heavy atom. The summed E-state index contributed by atoms with van der Waals surface area (Å²) in [4.78, 5) is 4.07. The van der Waals surface area contributed by atoms with Crippen molar-refractivity contribution in [2.24, 2.45) is 0 Å². The molecule has 6 heteroatoms. The van der Waals surface area contributed by atoms with E-state index in [1.165, 1.54) is 5.41 Å². The van der Waals surface area contributed by atoms with Gasteiger partial charge in [0.2, 0.25) is 5.88 Å². The number of aromatic nitrogens is 1. The molecule has 5 nitrogen and oxygen atoms in total. The topological polar surface area (TPSA) is 68.3 Å². The minimum atomic E-state index is -3.01. The van der Waals surface area contributed by atoms with Crippen LogP contribution < -0.4 is 10.1 Å². The Bertz CT molecular complexity index is 525. The van der Waals surface area contributed by atoms with E-state index in [-0.39, 0.29) is 11.8 Å². The standard InChI is InChI=1S/C11H14N2O3S/c1-16-11-9(3-2-5-12-11)7-13-10-4-6-17(14,15)8-10/h2-6,10,13H,7-8H2,1H3. The third-order valence-corrected chi connectivity index (χ3v) is 3.92. The van der Waals surface area contributed by atoms with Crippen molar-refractivity contribution in [2.45, 2.75) is 12.6 Å². The van der Waals surface area contributed by atoms with E-state index in [0.717, 1.165) is 5.56 Å². The summed E-state index contributed by atoms with van der Waals surface area (Å²) in [6, 6.07) is 3.58. The van der Waals surface area contributed by atoms with Gasteiger partial charge in [0.15, 0.2) is 9.84 Å². The summed E-state index contributed by atoms with van der Waals surface area (Å²) in [6.45, 7) is 0.529. The molecular formula is C11H14N2O3S. The number of ether oxygens (including phenoxy) is 1. The van der Waals surface area contributed by atoms with E-state index in [9.17, 15) is 8.42 Å². The van der Waals surface area contributed by atoms with Crippen molar-refractivity contribution in [3.63, 3.8) is 0 Å². The number of pyridine rings is 1. The van der Waals surface area contributed by atoms with Crippen LogP contribution >= 0.6 is 0 Å². The van der Waals surface area contributed by atoms with Gasteiger partial charge < -0.3 is 10.1 Å². The van der Waals surface area contributed by atoms with Crippen molar-refractivity contribution < 1.29 is 13.2 Å². The van der Waals surface area contributed by atoms with Crippen LogP contribution in [0.1, 0.15) is 5.56 Å². The molecule has 0 aromatic carbocycles. The van der Waals surface area contributed by atoms with E-state index < -0.39 is 9.84 Å². The molecule has 92 valence electrons. The van der Waals surface area contributed by atoms with Gasteiger partial charge in [-0.05, 0) is 6.07 Å². The number of methoxy groups -OCH3 is 1. The second-order valence-electron chi connectivity index (χ2n) is 3.82. The summed E-state index contributed by atoms with van der Waals surface area (Å²) < 4.78 is 27.5. The molecule has 0 amide bonds. The molecule has 0 saturated carbocycles. The zero-order valence-corrected chi connectivity index (χ0v) is 10.3. The molecule has 1 atom stereocenters. The van der Waals surface area contributed by atoms with Crippen molar-refractivity contribution in [1.29, 1.82) is 0 Å². The molecule has 0 fully saturated rings. The van der Waals surface area contributed by atoms with Gasteiger partial charge in [0, 0.05) is 29.8 Å². The van der Waals surface area contributed by atoms with Crippen molar-refractivity contribution in [2.75, 3.05) is 12.9 Å². The fourth-order valence-electron chi connectivity index (χ4n) is 1.69. The highest BCUT2D eigenvalue weighted by Crippen LogP contribution is 2.14. The van der Waals surface area contributed by atoms with Crippen LogP contribution in [0.25, 0.3) is 0 Å². The molecule has 0 spiro atoms. The van der Waals surface area contributed by atoms with E-state index in [4.69, 9.17) is 4.74 Å². The highest BCUT2D eigenvalue weighted by Gasteiger charge is 2.21. The van der Waals surface area contributed by atoms with Crippen LogP contribution in [0.3, 0.4) is 0 Å². The Labute approximate surface area is 100 Å². The number of sulfone groups is 1. The van der Waals surface area contributed by atoms with Gasteiger partial charge in [-0.15, -0.1) is 0 Å². The molecule has 2 rings (SSSR count). The predicted octanol–water partition coefficient (Wildman–Crippen LogP) is 0.490. The summed E-state index contributed by atoms with van der Waals surface area (Å²) in [6.07, 6.45) is 3.32. The molecule has 1 unspecified atom stereocenters. The SMILES string of the molecule is COc1ncccc1CNC1C=CS(=O)(=O)C1. The average molecular weight is 254 g/mol.